The molecule has 0 aliphatic rings. The molecule has 0 aliphatic heterocycles. The second-order valence-corrected chi connectivity index (χ2v) is 5.64. The standard InChI is InChI=1S/C21H20N2O3/c1-25-18-12-10-17(11-13-18)21(16-7-3-2-4-8-16)23-19(24)15-26-20-9-5-6-14-22-20/h2-14,21H,15H2,1H3,(H,23,24). The van der Waals surface area contributed by atoms with Crippen molar-refractivity contribution in [3.8, 4) is 11.6 Å². The summed E-state index contributed by atoms with van der Waals surface area (Å²) < 4.78 is 10.6. The average Bonchev–Trinajstić information content (AvgIpc) is 2.72. The fourth-order valence-electron chi connectivity index (χ4n) is 2.58. The van der Waals surface area contributed by atoms with Crippen molar-refractivity contribution in [3.05, 3.63) is 90.1 Å². The molecule has 1 amide bonds. The van der Waals surface area contributed by atoms with Crippen LogP contribution in [-0.4, -0.2) is 24.6 Å². The summed E-state index contributed by atoms with van der Waals surface area (Å²) in [6.45, 7) is -0.101. The number of nitrogens with zero attached hydrogens (tertiary/aromatic N) is 1. The highest BCUT2D eigenvalue weighted by molar-refractivity contribution is 5.78. The number of aromatic nitrogens is 1. The first-order valence-corrected chi connectivity index (χ1v) is 8.28. The van der Waals surface area contributed by atoms with Gasteiger partial charge in [0.25, 0.3) is 5.91 Å². The van der Waals surface area contributed by atoms with E-state index < -0.39 is 0 Å². The Labute approximate surface area is 152 Å². The smallest absolute Gasteiger partial charge is 0.258 e. The van der Waals surface area contributed by atoms with Crippen molar-refractivity contribution in [3.63, 3.8) is 0 Å². The molecule has 1 atom stereocenters. The molecule has 5 heteroatoms. The number of ether oxygens (including phenoxy) is 2. The lowest BCUT2D eigenvalue weighted by Crippen LogP contribution is -2.33. The molecular formula is C21H20N2O3. The predicted molar refractivity (Wildman–Crippen MR) is 99.2 cm³/mol. The van der Waals surface area contributed by atoms with Crippen LogP contribution in [0.4, 0.5) is 0 Å². The summed E-state index contributed by atoms with van der Waals surface area (Å²) in [6, 6.07) is 22.5. The maximum Gasteiger partial charge on any atom is 0.258 e. The second-order valence-electron chi connectivity index (χ2n) is 5.64. The van der Waals surface area contributed by atoms with Gasteiger partial charge in [0.05, 0.1) is 13.2 Å². The summed E-state index contributed by atoms with van der Waals surface area (Å²) in [5.74, 6) is 0.967. The van der Waals surface area contributed by atoms with E-state index >= 15 is 0 Å². The van der Waals surface area contributed by atoms with Crippen LogP contribution in [0.3, 0.4) is 0 Å². The van der Waals surface area contributed by atoms with Gasteiger partial charge in [0, 0.05) is 12.3 Å². The third-order valence-corrected chi connectivity index (χ3v) is 3.88. The highest BCUT2D eigenvalue weighted by Gasteiger charge is 2.17. The molecule has 0 saturated heterocycles. The highest BCUT2D eigenvalue weighted by Crippen LogP contribution is 2.24. The number of benzene rings is 2. The third kappa shape index (κ3) is 4.60. The molecule has 26 heavy (non-hydrogen) atoms. The Morgan fingerprint density at radius 2 is 1.65 bits per heavy atom. The quantitative estimate of drug-likeness (QED) is 0.711. The van der Waals surface area contributed by atoms with E-state index in [1.807, 2.05) is 60.7 Å². The maximum absolute atomic E-state index is 12.4. The molecule has 0 fully saturated rings. The normalized spacial score (nSPS) is 11.4. The minimum atomic E-state index is -0.276. The van der Waals surface area contributed by atoms with Gasteiger partial charge in [-0.2, -0.15) is 0 Å². The minimum Gasteiger partial charge on any atom is -0.497 e. The largest absolute Gasteiger partial charge is 0.497 e. The summed E-state index contributed by atoms with van der Waals surface area (Å²) in [7, 11) is 1.63. The summed E-state index contributed by atoms with van der Waals surface area (Å²) in [5.41, 5.74) is 1.95. The first kappa shape index (κ1) is 17.5. The molecular weight excluding hydrogens is 328 g/mol. The van der Waals surface area contributed by atoms with Crippen molar-refractivity contribution < 1.29 is 14.3 Å². The SMILES string of the molecule is COc1ccc(C(NC(=O)COc2ccccn2)c2ccccc2)cc1. The van der Waals surface area contributed by atoms with Crippen molar-refractivity contribution in [1.82, 2.24) is 10.3 Å². The van der Waals surface area contributed by atoms with Crippen LogP contribution < -0.4 is 14.8 Å². The molecule has 3 aromatic rings. The molecule has 0 radical (unpaired) electrons. The van der Waals surface area contributed by atoms with E-state index in [1.54, 1.807) is 25.4 Å². The monoisotopic (exact) mass is 348 g/mol. The Bertz CT molecular complexity index is 821. The molecule has 0 saturated carbocycles. The zero-order chi connectivity index (χ0) is 18.2. The van der Waals surface area contributed by atoms with E-state index in [9.17, 15) is 4.79 Å². The molecule has 0 spiro atoms. The molecule has 1 N–H and O–H groups in total. The van der Waals surface area contributed by atoms with Gasteiger partial charge in [-0.05, 0) is 29.3 Å². The Hall–Kier alpha value is -3.34. The van der Waals surface area contributed by atoms with Crippen molar-refractivity contribution >= 4 is 5.91 Å². The van der Waals surface area contributed by atoms with Crippen LogP contribution in [0, 0.1) is 0 Å². The number of hydrogen-bond donors (Lipinski definition) is 1. The van der Waals surface area contributed by atoms with Gasteiger partial charge >= 0.3 is 0 Å². The number of carbonyl (C=O) groups excluding carboxylic acids is 1. The van der Waals surface area contributed by atoms with Crippen molar-refractivity contribution in [2.24, 2.45) is 0 Å². The van der Waals surface area contributed by atoms with Crippen molar-refractivity contribution in [2.45, 2.75) is 6.04 Å². The third-order valence-electron chi connectivity index (χ3n) is 3.88. The predicted octanol–water partition coefficient (Wildman–Crippen LogP) is 3.37. The van der Waals surface area contributed by atoms with Gasteiger partial charge in [-0.1, -0.05) is 48.5 Å². The van der Waals surface area contributed by atoms with E-state index in [-0.39, 0.29) is 18.6 Å². The molecule has 2 aromatic carbocycles. The summed E-state index contributed by atoms with van der Waals surface area (Å²) in [5, 5.41) is 3.02. The molecule has 0 aliphatic carbocycles. The highest BCUT2D eigenvalue weighted by atomic mass is 16.5. The van der Waals surface area contributed by atoms with Crippen molar-refractivity contribution in [1.29, 1.82) is 0 Å². The van der Waals surface area contributed by atoms with Gasteiger partial charge in [0.1, 0.15) is 5.75 Å². The Balaban J connectivity index is 1.74. The molecule has 1 heterocycles. The zero-order valence-corrected chi connectivity index (χ0v) is 14.5. The van der Waals surface area contributed by atoms with Crippen molar-refractivity contribution in [2.75, 3.05) is 13.7 Å². The lowest BCUT2D eigenvalue weighted by Gasteiger charge is -2.20. The van der Waals surface area contributed by atoms with Gasteiger partial charge in [0.15, 0.2) is 6.61 Å². The lowest BCUT2D eigenvalue weighted by atomic mass is 9.98. The van der Waals surface area contributed by atoms with E-state index in [1.165, 1.54) is 0 Å². The van der Waals surface area contributed by atoms with Crippen LogP contribution in [-0.2, 0) is 4.79 Å². The molecule has 0 bridgehead atoms. The van der Waals surface area contributed by atoms with E-state index in [0.717, 1.165) is 16.9 Å². The molecule has 1 aromatic heterocycles. The molecule has 132 valence electrons. The lowest BCUT2D eigenvalue weighted by molar-refractivity contribution is -0.123. The minimum absolute atomic E-state index is 0.101. The number of pyridine rings is 1. The van der Waals surface area contributed by atoms with Crippen LogP contribution in [0.2, 0.25) is 0 Å². The number of nitrogens with one attached hydrogen (secondary N) is 1. The van der Waals surface area contributed by atoms with E-state index in [0.29, 0.717) is 5.88 Å². The average molecular weight is 348 g/mol. The van der Waals surface area contributed by atoms with E-state index in [4.69, 9.17) is 9.47 Å². The Kier molecular flexibility index (Phi) is 5.83. The molecule has 3 rings (SSSR count). The maximum atomic E-state index is 12.4. The summed E-state index contributed by atoms with van der Waals surface area (Å²) >= 11 is 0. The number of hydrogen-bond acceptors (Lipinski definition) is 4. The van der Waals surface area contributed by atoms with Crippen LogP contribution in [0.1, 0.15) is 17.2 Å². The second kappa shape index (κ2) is 8.67. The number of rotatable bonds is 7. The van der Waals surface area contributed by atoms with Crippen LogP contribution in [0.5, 0.6) is 11.6 Å². The molecule has 5 nitrogen and oxygen atoms in total. The van der Waals surface area contributed by atoms with Crippen LogP contribution in [0.15, 0.2) is 79.0 Å². The Morgan fingerprint density at radius 3 is 2.31 bits per heavy atom. The van der Waals surface area contributed by atoms with Crippen LogP contribution >= 0.6 is 0 Å². The number of methoxy groups -OCH3 is 1. The number of amides is 1. The number of carbonyl (C=O) groups is 1. The fourth-order valence-corrected chi connectivity index (χ4v) is 2.58. The Morgan fingerprint density at radius 1 is 0.962 bits per heavy atom. The first-order valence-electron chi connectivity index (χ1n) is 8.28. The van der Waals surface area contributed by atoms with Gasteiger partial charge in [-0.3, -0.25) is 4.79 Å². The van der Waals surface area contributed by atoms with Crippen LogP contribution in [0.25, 0.3) is 0 Å². The van der Waals surface area contributed by atoms with Gasteiger partial charge in [-0.15, -0.1) is 0 Å². The zero-order valence-electron chi connectivity index (χ0n) is 14.5. The summed E-state index contributed by atoms with van der Waals surface area (Å²) in [6.07, 6.45) is 1.62. The topological polar surface area (TPSA) is 60.5 Å². The van der Waals surface area contributed by atoms with Gasteiger partial charge < -0.3 is 14.8 Å². The van der Waals surface area contributed by atoms with Gasteiger partial charge in [0.2, 0.25) is 5.88 Å². The summed E-state index contributed by atoms with van der Waals surface area (Å²) in [4.78, 5) is 16.5. The first-order chi connectivity index (χ1) is 12.8. The van der Waals surface area contributed by atoms with E-state index in [2.05, 4.69) is 10.3 Å². The van der Waals surface area contributed by atoms with Gasteiger partial charge in [-0.25, -0.2) is 4.98 Å². The fraction of sp³-hybridized carbons (Fsp3) is 0.143. The molecule has 1 unspecified atom stereocenters.